The van der Waals surface area contributed by atoms with Gasteiger partial charge in [-0.05, 0) is 29.4 Å². The number of nitrogens with one attached hydrogen (secondary N) is 3. The summed E-state index contributed by atoms with van der Waals surface area (Å²) < 4.78 is 5.31. The summed E-state index contributed by atoms with van der Waals surface area (Å²) >= 11 is 0. The second-order valence-electron chi connectivity index (χ2n) is 9.50. The van der Waals surface area contributed by atoms with Gasteiger partial charge in [0.2, 0.25) is 11.8 Å². The van der Waals surface area contributed by atoms with Crippen molar-refractivity contribution in [1.82, 2.24) is 16.0 Å². The van der Waals surface area contributed by atoms with Gasteiger partial charge < -0.3 is 20.7 Å². The van der Waals surface area contributed by atoms with Crippen LogP contribution in [-0.4, -0.2) is 36.0 Å². The molecule has 0 bridgehead atoms. The number of carbonyl (C=O) groups is 3. The zero-order valence-electron chi connectivity index (χ0n) is 21.4. The van der Waals surface area contributed by atoms with Crippen LogP contribution in [0.5, 0.6) is 0 Å². The van der Waals surface area contributed by atoms with Gasteiger partial charge >= 0.3 is 6.09 Å². The van der Waals surface area contributed by atoms with Gasteiger partial charge in [-0.1, -0.05) is 88.4 Å². The first kappa shape index (κ1) is 28.4. The molecular formula is C28H36N4O4. The van der Waals surface area contributed by atoms with Crippen LogP contribution in [-0.2, 0) is 27.4 Å². The molecule has 36 heavy (non-hydrogen) atoms. The molecule has 0 unspecified atom stereocenters. The van der Waals surface area contributed by atoms with Crippen molar-refractivity contribution in [2.75, 3.05) is 0 Å². The van der Waals surface area contributed by atoms with Gasteiger partial charge in [-0.3, -0.25) is 9.59 Å². The van der Waals surface area contributed by atoms with Gasteiger partial charge in [0.1, 0.15) is 24.7 Å². The first-order chi connectivity index (χ1) is 17.2. The number of hydrogen-bond acceptors (Lipinski definition) is 5. The average molecular weight is 493 g/mol. The molecule has 0 fully saturated rings. The van der Waals surface area contributed by atoms with Gasteiger partial charge in [0, 0.05) is 6.42 Å². The van der Waals surface area contributed by atoms with Crippen molar-refractivity contribution in [2.24, 2.45) is 11.8 Å². The van der Waals surface area contributed by atoms with Crippen LogP contribution >= 0.6 is 0 Å². The normalized spacial score (nSPS) is 13.2. The van der Waals surface area contributed by atoms with E-state index in [0.717, 1.165) is 11.1 Å². The Hall–Kier alpha value is -3.86. The molecular weight excluding hydrogens is 456 g/mol. The fourth-order valence-corrected chi connectivity index (χ4v) is 3.63. The number of nitrogens with zero attached hydrogens (tertiary/aromatic N) is 1. The summed E-state index contributed by atoms with van der Waals surface area (Å²) in [7, 11) is 0. The van der Waals surface area contributed by atoms with Crippen LogP contribution < -0.4 is 16.0 Å². The SMILES string of the molecule is CC(C)C[C@H](C#N)NC(=O)[C@@H](NC(=O)[C@H](Cc1ccccc1)NC(=O)OCc1ccccc1)C(C)C. The van der Waals surface area contributed by atoms with Crippen LogP contribution in [0.15, 0.2) is 60.7 Å². The van der Waals surface area contributed by atoms with Crippen molar-refractivity contribution in [3.8, 4) is 6.07 Å². The fraction of sp³-hybridized carbons (Fsp3) is 0.429. The highest BCUT2D eigenvalue weighted by molar-refractivity contribution is 5.91. The predicted molar refractivity (Wildman–Crippen MR) is 137 cm³/mol. The Morgan fingerprint density at radius 1 is 0.833 bits per heavy atom. The van der Waals surface area contributed by atoms with Crippen LogP contribution in [0.2, 0.25) is 0 Å². The lowest BCUT2D eigenvalue weighted by Gasteiger charge is -2.26. The molecule has 3 atom stereocenters. The van der Waals surface area contributed by atoms with Gasteiger partial charge in [0.15, 0.2) is 0 Å². The molecule has 2 rings (SSSR count). The maximum Gasteiger partial charge on any atom is 0.408 e. The van der Waals surface area contributed by atoms with Crippen molar-refractivity contribution in [1.29, 1.82) is 5.26 Å². The summed E-state index contributed by atoms with van der Waals surface area (Å²) in [6.07, 6.45) is -0.0119. The number of carbonyl (C=O) groups excluding carboxylic acids is 3. The highest BCUT2D eigenvalue weighted by Gasteiger charge is 2.30. The van der Waals surface area contributed by atoms with Crippen LogP contribution in [0, 0.1) is 23.2 Å². The van der Waals surface area contributed by atoms with Crippen molar-refractivity contribution in [2.45, 2.75) is 65.3 Å². The molecule has 0 radical (unpaired) electrons. The molecule has 0 saturated carbocycles. The second-order valence-corrected chi connectivity index (χ2v) is 9.50. The van der Waals surface area contributed by atoms with E-state index in [4.69, 9.17) is 4.74 Å². The Morgan fingerprint density at radius 2 is 1.42 bits per heavy atom. The van der Waals surface area contributed by atoms with Crippen LogP contribution in [0.1, 0.15) is 45.2 Å². The lowest BCUT2D eigenvalue weighted by molar-refractivity contribution is -0.131. The molecule has 0 aliphatic carbocycles. The zero-order chi connectivity index (χ0) is 26.5. The molecule has 8 nitrogen and oxygen atoms in total. The Kier molecular flexibility index (Phi) is 11.4. The lowest BCUT2D eigenvalue weighted by Crippen LogP contribution is -2.57. The first-order valence-electron chi connectivity index (χ1n) is 12.2. The average Bonchev–Trinajstić information content (AvgIpc) is 2.85. The van der Waals surface area contributed by atoms with E-state index in [0.29, 0.717) is 6.42 Å². The topological polar surface area (TPSA) is 120 Å². The van der Waals surface area contributed by atoms with E-state index in [2.05, 4.69) is 22.0 Å². The summed E-state index contributed by atoms with van der Waals surface area (Å²) in [6.45, 7) is 7.61. The first-order valence-corrected chi connectivity index (χ1v) is 12.2. The van der Waals surface area contributed by atoms with E-state index in [-0.39, 0.29) is 24.9 Å². The minimum Gasteiger partial charge on any atom is -0.445 e. The van der Waals surface area contributed by atoms with Crippen LogP contribution in [0.4, 0.5) is 4.79 Å². The molecule has 3 amide bonds. The zero-order valence-corrected chi connectivity index (χ0v) is 21.4. The quantitative estimate of drug-likeness (QED) is 0.417. The summed E-state index contributed by atoms with van der Waals surface area (Å²) in [5, 5.41) is 17.5. The summed E-state index contributed by atoms with van der Waals surface area (Å²) in [6, 6.07) is 18.1. The molecule has 192 valence electrons. The number of hydrogen-bond donors (Lipinski definition) is 3. The second kappa shape index (κ2) is 14.5. The van der Waals surface area contributed by atoms with Gasteiger partial charge in [0.25, 0.3) is 0 Å². The Balaban J connectivity index is 2.11. The lowest BCUT2D eigenvalue weighted by atomic mass is 9.99. The molecule has 3 N–H and O–H groups in total. The van der Waals surface area contributed by atoms with Gasteiger partial charge in [-0.15, -0.1) is 0 Å². The highest BCUT2D eigenvalue weighted by atomic mass is 16.5. The standard InChI is InChI=1S/C28H36N4O4/c1-19(2)15-23(17-29)30-27(34)25(20(3)4)32-26(33)24(16-21-11-7-5-8-12-21)31-28(35)36-18-22-13-9-6-10-14-22/h5-14,19-20,23-25H,15-16,18H2,1-4H3,(H,30,34)(H,31,35)(H,32,33)/t23-,24+,25+/m1/s1. The Bertz CT molecular complexity index is 1020. The van der Waals surface area contributed by atoms with Gasteiger partial charge in [-0.2, -0.15) is 5.26 Å². The largest absolute Gasteiger partial charge is 0.445 e. The van der Waals surface area contributed by atoms with E-state index in [1.54, 1.807) is 0 Å². The molecule has 0 aromatic heterocycles. The molecule has 0 aliphatic rings. The van der Waals surface area contributed by atoms with E-state index in [1.807, 2.05) is 88.4 Å². The number of nitriles is 1. The summed E-state index contributed by atoms with van der Waals surface area (Å²) in [5.41, 5.74) is 1.66. The molecule has 0 spiro atoms. The van der Waals surface area contributed by atoms with Crippen molar-refractivity contribution in [3.05, 3.63) is 71.8 Å². The van der Waals surface area contributed by atoms with E-state index >= 15 is 0 Å². The molecule has 0 aliphatic heterocycles. The molecule has 2 aromatic rings. The predicted octanol–water partition coefficient (Wildman–Crippen LogP) is 3.72. The minimum absolute atomic E-state index is 0.0643. The third-order valence-electron chi connectivity index (χ3n) is 5.53. The number of benzene rings is 2. The maximum atomic E-state index is 13.3. The number of amides is 3. The summed E-state index contributed by atoms with van der Waals surface area (Å²) in [4.78, 5) is 38.8. The maximum absolute atomic E-state index is 13.3. The van der Waals surface area contributed by atoms with Crippen LogP contribution in [0.25, 0.3) is 0 Å². The van der Waals surface area contributed by atoms with E-state index in [9.17, 15) is 19.6 Å². The van der Waals surface area contributed by atoms with Crippen LogP contribution in [0.3, 0.4) is 0 Å². The molecule has 0 saturated heterocycles. The highest BCUT2D eigenvalue weighted by Crippen LogP contribution is 2.10. The summed E-state index contributed by atoms with van der Waals surface area (Å²) in [5.74, 6) is -0.962. The smallest absolute Gasteiger partial charge is 0.408 e. The third kappa shape index (κ3) is 9.79. The van der Waals surface area contributed by atoms with Gasteiger partial charge in [-0.25, -0.2) is 4.79 Å². The number of rotatable bonds is 12. The molecule has 2 aromatic carbocycles. The number of alkyl carbamates (subject to hydrolysis) is 1. The van der Waals surface area contributed by atoms with Crippen molar-refractivity contribution in [3.63, 3.8) is 0 Å². The monoisotopic (exact) mass is 492 g/mol. The van der Waals surface area contributed by atoms with E-state index < -0.39 is 36.0 Å². The van der Waals surface area contributed by atoms with Crippen molar-refractivity contribution >= 4 is 17.9 Å². The third-order valence-corrected chi connectivity index (χ3v) is 5.53. The molecule has 8 heteroatoms. The number of ether oxygens (including phenoxy) is 1. The van der Waals surface area contributed by atoms with E-state index in [1.165, 1.54) is 0 Å². The molecule has 0 heterocycles. The minimum atomic E-state index is -0.966. The van der Waals surface area contributed by atoms with Crippen molar-refractivity contribution < 1.29 is 19.1 Å². The fourth-order valence-electron chi connectivity index (χ4n) is 3.63. The Labute approximate surface area is 213 Å². The Morgan fingerprint density at radius 3 is 1.94 bits per heavy atom. The van der Waals surface area contributed by atoms with Gasteiger partial charge in [0.05, 0.1) is 6.07 Å².